The van der Waals surface area contributed by atoms with Gasteiger partial charge in [-0.3, -0.25) is 0 Å². The van der Waals surface area contributed by atoms with Crippen molar-refractivity contribution < 1.29 is 8.78 Å². The van der Waals surface area contributed by atoms with E-state index in [1.165, 1.54) is 18.6 Å². The van der Waals surface area contributed by atoms with E-state index in [0.717, 1.165) is 19.4 Å². The summed E-state index contributed by atoms with van der Waals surface area (Å²) < 4.78 is 26.0. The first-order valence-electron chi connectivity index (χ1n) is 5.32. The summed E-state index contributed by atoms with van der Waals surface area (Å²) in [5, 5.41) is 0. The van der Waals surface area contributed by atoms with Gasteiger partial charge in [-0.2, -0.15) is 0 Å². The molecule has 1 nitrogen and oxygen atoms in total. The molecular formula is C12H14F2N. The third kappa shape index (κ3) is 2.28. The smallest absolute Gasteiger partial charge is 0.136 e. The molecule has 15 heavy (non-hydrogen) atoms. The van der Waals surface area contributed by atoms with Crippen molar-refractivity contribution in [2.45, 2.75) is 32.2 Å². The lowest BCUT2D eigenvalue weighted by Gasteiger charge is -2.35. The molecular weight excluding hydrogens is 196 g/mol. The number of anilines is 1. The molecule has 1 aromatic carbocycles. The van der Waals surface area contributed by atoms with Gasteiger partial charge in [0.2, 0.25) is 0 Å². The molecule has 0 saturated carbocycles. The van der Waals surface area contributed by atoms with Crippen molar-refractivity contribution in [1.82, 2.24) is 0 Å². The molecule has 1 fully saturated rings. The third-order valence-corrected chi connectivity index (χ3v) is 2.92. The molecule has 0 aromatic heterocycles. The number of hydrogen-bond donors (Lipinski definition) is 0. The van der Waals surface area contributed by atoms with E-state index in [1.807, 2.05) is 6.07 Å². The van der Waals surface area contributed by atoms with Gasteiger partial charge in [0.05, 0.1) is 6.07 Å². The van der Waals surface area contributed by atoms with Crippen LogP contribution in [0.2, 0.25) is 0 Å². The van der Waals surface area contributed by atoms with Gasteiger partial charge < -0.3 is 4.90 Å². The minimum Gasteiger partial charge on any atom is -0.369 e. The van der Waals surface area contributed by atoms with Crippen LogP contribution in [-0.2, 0) is 0 Å². The van der Waals surface area contributed by atoms with Crippen molar-refractivity contribution in [2.75, 3.05) is 11.4 Å². The average Bonchev–Trinajstić information content (AvgIpc) is 2.16. The number of rotatable bonds is 1. The summed E-state index contributed by atoms with van der Waals surface area (Å²) in [7, 11) is 0. The minimum atomic E-state index is -0.622. The zero-order valence-electron chi connectivity index (χ0n) is 8.76. The Kier molecular flexibility index (Phi) is 2.89. The minimum absolute atomic E-state index is 0.361. The molecule has 81 valence electrons. The summed E-state index contributed by atoms with van der Waals surface area (Å²) in [6.45, 7) is 2.97. The fourth-order valence-electron chi connectivity index (χ4n) is 2.14. The van der Waals surface area contributed by atoms with Crippen LogP contribution in [0.3, 0.4) is 0 Å². The molecule has 3 heteroatoms. The molecule has 1 atom stereocenters. The zero-order chi connectivity index (χ0) is 10.8. The Labute approximate surface area is 88.7 Å². The monoisotopic (exact) mass is 210 g/mol. The number of piperidine rings is 1. The number of hydrogen-bond acceptors (Lipinski definition) is 1. The van der Waals surface area contributed by atoms with Gasteiger partial charge in [0.15, 0.2) is 0 Å². The van der Waals surface area contributed by atoms with Gasteiger partial charge in [0, 0.05) is 18.3 Å². The van der Waals surface area contributed by atoms with E-state index in [4.69, 9.17) is 0 Å². The molecule has 1 saturated heterocycles. The highest BCUT2D eigenvalue weighted by atomic mass is 19.1. The predicted molar refractivity (Wildman–Crippen MR) is 55.9 cm³/mol. The van der Waals surface area contributed by atoms with E-state index in [9.17, 15) is 8.78 Å². The molecule has 1 aliphatic heterocycles. The number of halogens is 2. The Morgan fingerprint density at radius 3 is 2.53 bits per heavy atom. The zero-order valence-corrected chi connectivity index (χ0v) is 8.76. The van der Waals surface area contributed by atoms with Gasteiger partial charge in [0.25, 0.3) is 0 Å². The molecule has 0 N–H and O–H groups in total. The third-order valence-electron chi connectivity index (χ3n) is 2.92. The van der Waals surface area contributed by atoms with Crippen LogP contribution in [0.5, 0.6) is 0 Å². The van der Waals surface area contributed by atoms with Crippen molar-refractivity contribution >= 4 is 5.69 Å². The van der Waals surface area contributed by atoms with Gasteiger partial charge in [-0.05, 0) is 38.3 Å². The first kappa shape index (κ1) is 10.4. The van der Waals surface area contributed by atoms with Crippen LogP contribution in [0.25, 0.3) is 0 Å². The summed E-state index contributed by atoms with van der Waals surface area (Å²) in [6, 6.07) is 5.07. The van der Waals surface area contributed by atoms with Crippen molar-refractivity contribution in [1.29, 1.82) is 0 Å². The van der Waals surface area contributed by atoms with E-state index in [2.05, 4.69) is 11.8 Å². The average molecular weight is 210 g/mol. The van der Waals surface area contributed by atoms with Gasteiger partial charge >= 0.3 is 0 Å². The van der Waals surface area contributed by atoms with E-state index in [-0.39, 0.29) is 0 Å². The van der Waals surface area contributed by atoms with Crippen LogP contribution in [0.4, 0.5) is 14.5 Å². The molecule has 1 unspecified atom stereocenters. The maximum atomic E-state index is 13.0. The molecule has 2 rings (SSSR count). The summed E-state index contributed by atoms with van der Waals surface area (Å²) in [5.41, 5.74) is 0.635. The second kappa shape index (κ2) is 4.17. The van der Waals surface area contributed by atoms with Crippen LogP contribution >= 0.6 is 0 Å². The molecule has 1 aromatic rings. The summed E-state index contributed by atoms with van der Waals surface area (Å²) in [5.74, 6) is -1.24. The van der Waals surface area contributed by atoms with E-state index >= 15 is 0 Å². The van der Waals surface area contributed by atoms with E-state index < -0.39 is 11.6 Å². The fraction of sp³-hybridized carbons (Fsp3) is 0.500. The van der Waals surface area contributed by atoms with Crippen molar-refractivity contribution in [2.24, 2.45) is 0 Å². The normalized spacial score (nSPS) is 21.8. The number of benzene rings is 1. The van der Waals surface area contributed by atoms with Crippen molar-refractivity contribution in [3.63, 3.8) is 0 Å². The summed E-state index contributed by atoms with van der Waals surface area (Å²) >= 11 is 0. The maximum Gasteiger partial charge on any atom is 0.136 e. The van der Waals surface area contributed by atoms with Crippen molar-refractivity contribution in [3.05, 3.63) is 29.8 Å². The molecule has 0 aliphatic carbocycles. The van der Waals surface area contributed by atoms with Gasteiger partial charge in [-0.1, -0.05) is 0 Å². The van der Waals surface area contributed by atoms with Crippen LogP contribution in [-0.4, -0.2) is 12.6 Å². The highest BCUT2D eigenvalue weighted by molar-refractivity contribution is 5.47. The van der Waals surface area contributed by atoms with Gasteiger partial charge in [0.1, 0.15) is 11.6 Å². The van der Waals surface area contributed by atoms with Crippen LogP contribution in [0.1, 0.15) is 26.2 Å². The Balaban J connectivity index is 2.27. The van der Waals surface area contributed by atoms with Gasteiger partial charge in [-0.25, -0.2) is 8.78 Å². The van der Waals surface area contributed by atoms with E-state index in [1.54, 1.807) is 0 Å². The molecule has 1 heterocycles. The predicted octanol–water partition coefficient (Wildman–Crippen LogP) is 3.14. The molecule has 1 aliphatic rings. The van der Waals surface area contributed by atoms with E-state index in [0.29, 0.717) is 11.7 Å². The lowest BCUT2D eigenvalue weighted by molar-refractivity contribution is 0.482. The Hall–Kier alpha value is -1.12. The largest absolute Gasteiger partial charge is 0.369 e. The number of nitrogens with zero attached hydrogens (tertiary/aromatic N) is 1. The maximum absolute atomic E-state index is 13.0. The molecule has 0 spiro atoms. The molecule has 0 amide bonds. The lowest BCUT2D eigenvalue weighted by Crippen LogP contribution is -2.37. The Bertz CT molecular complexity index is 331. The second-order valence-electron chi connectivity index (χ2n) is 4.07. The summed E-state index contributed by atoms with van der Waals surface area (Å²) in [4.78, 5) is 2.06. The van der Waals surface area contributed by atoms with Crippen LogP contribution in [0.15, 0.2) is 12.1 Å². The highest BCUT2D eigenvalue weighted by Gasteiger charge is 2.19. The Morgan fingerprint density at radius 1 is 1.27 bits per heavy atom. The topological polar surface area (TPSA) is 3.24 Å². The standard InChI is InChI=1S/C12H14F2N/c1-9-4-2-3-5-15(9)12-7-10(13)6-11(14)8-12/h7-9H,2-5H2,1H3. The highest BCUT2D eigenvalue weighted by Crippen LogP contribution is 2.25. The second-order valence-corrected chi connectivity index (χ2v) is 4.07. The van der Waals surface area contributed by atoms with Crippen LogP contribution < -0.4 is 4.90 Å². The quantitative estimate of drug-likeness (QED) is 0.688. The molecule has 1 radical (unpaired) electrons. The molecule has 0 bridgehead atoms. The summed E-state index contributed by atoms with van der Waals surface area (Å²) in [6.07, 6.45) is 3.37. The first-order chi connectivity index (χ1) is 7.16. The lowest BCUT2D eigenvalue weighted by atomic mass is 10.0. The fourth-order valence-corrected chi connectivity index (χ4v) is 2.14. The Morgan fingerprint density at radius 2 is 1.93 bits per heavy atom. The van der Waals surface area contributed by atoms with Crippen LogP contribution in [0, 0.1) is 17.7 Å². The van der Waals surface area contributed by atoms with Gasteiger partial charge in [-0.15, -0.1) is 0 Å². The first-order valence-corrected chi connectivity index (χ1v) is 5.32. The SMILES string of the molecule is CC1CCCCN1c1cc(F)[c]c(F)c1. The van der Waals surface area contributed by atoms with Crippen molar-refractivity contribution in [3.8, 4) is 0 Å².